The Balaban J connectivity index is 2.20. The van der Waals surface area contributed by atoms with Crippen molar-refractivity contribution in [3.05, 3.63) is 29.6 Å². The first-order chi connectivity index (χ1) is 9.67. The lowest BCUT2D eigenvalue weighted by Gasteiger charge is -2.33. The number of esters is 1. The summed E-state index contributed by atoms with van der Waals surface area (Å²) >= 11 is 0. The number of hydrogen-bond acceptors (Lipinski definition) is 5. The molecule has 1 amide bonds. The Kier molecular flexibility index (Phi) is 4.31. The normalized spacial score (nSPS) is 18.2. The van der Waals surface area contributed by atoms with Gasteiger partial charge in [0.25, 0.3) is 5.91 Å². The number of likely N-dealkylation sites (tertiary alicyclic amines) is 1. The van der Waals surface area contributed by atoms with E-state index in [1.54, 1.807) is 0 Å². The lowest BCUT2D eigenvalue weighted by molar-refractivity contribution is -0.147. The Hall–Kier alpha value is -2.42. The number of ether oxygens (including phenoxy) is 1. The molecule has 1 aromatic heterocycles. The minimum Gasteiger partial charge on any atom is -0.467 e. The van der Waals surface area contributed by atoms with E-state index in [1.165, 1.54) is 30.3 Å². The summed E-state index contributed by atoms with van der Waals surface area (Å²) in [6.07, 6.45) is 3.71. The molecule has 1 fully saturated rings. The zero-order valence-electron chi connectivity index (χ0n) is 11.2. The fourth-order valence-electron chi connectivity index (χ4n) is 2.29. The van der Waals surface area contributed by atoms with E-state index in [1.807, 2.05) is 6.07 Å². The maximum atomic E-state index is 12.4. The van der Waals surface area contributed by atoms with Crippen LogP contribution in [0.5, 0.6) is 0 Å². The zero-order chi connectivity index (χ0) is 14.5. The molecule has 2 rings (SSSR count). The van der Waals surface area contributed by atoms with Crippen molar-refractivity contribution in [2.45, 2.75) is 25.3 Å². The highest BCUT2D eigenvalue weighted by Crippen LogP contribution is 2.20. The highest BCUT2D eigenvalue weighted by molar-refractivity contribution is 5.95. The van der Waals surface area contributed by atoms with Gasteiger partial charge in [0.1, 0.15) is 17.8 Å². The monoisotopic (exact) mass is 273 g/mol. The molecule has 6 heteroatoms. The summed E-state index contributed by atoms with van der Waals surface area (Å²) in [5.74, 6) is -0.698. The van der Waals surface area contributed by atoms with Gasteiger partial charge in [-0.2, -0.15) is 5.26 Å². The van der Waals surface area contributed by atoms with Crippen molar-refractivity contribution in [1.82, 2.24) is 9.88 Å². The summed E-state index contributed by atoms with van der Waals surface area (Å²) in [6.45, 7) is 0.514. The molecule has 1 saturated heterocycles. The third-order valence-corrected chi connectivity index (χ3v) is 3.35. The topological polar surface area (TPSA) is 83.3 Å². The van der Waals surface area contributed by atoms with Crippen LogP contribution in [0.25, 0.3) is 0 Å². The molecular weight excluding hydrogens is 258 g/mol. The lowest BCUT2D eigenvalue weighted by atomic mass is 10.0. The lowest BCUT2D eigenvalue weighted by Crippen LogP contribution is -2.48. The summed E-state index contributed by atoms with van der Waals surface area (Å²) < 4.78 is 4.75. The summed E-state index contributed by atoms with van der Waals surface area (Å²) in [4.78, 5) is 29.6. The van der Waals surface area contributed by atoms with Crippen molar-refractivity contribution in [3.63, 3.8) is 0 Å². The van der Waals surface area contributed by atoms with E-state index >= 15 is 0 Å². The first kappa shape index (κ1) is 14.0. The second kappa shape index (κ2) is 6.15. The highest BCUT2D eigenvalue weighted by Gasteiger charge is 2.33. The van der Waals surface area contributed by atoms with Gasteiger partial charge in [0.15, 0.2) is 0 Å². The minimum atomic E-state index is -0.543. The molecular formula is C14H15N3O3. The molecule has 1 aromatic rings. The Morgan fingerprint density at radius 2 is 2.25 bits per heavy atom. The van der Waals surface area contributed by atoms with Crippen LogP contribution >= 0.6 is 0 Å². The molecule has 2 heterocycles. The van der Waals surface area contributed by atoms with Crippen molar-refractivity contribution in [3.8, 4) is 6.07 Å². The number of hydrogen-bond donors (Lipinski definition) is 0. The van der Waals surface area contributed by atoms with E-state index in [0.717, 1.165) is 12.8 Å². The van der Waals surface area contributed by atoms with Crippen LogP contribution in [0.15, 0.2) is 18.3 Å². The third kappa shape index (κ3) is 2.77. The first-order valence-electron chi connectivity index (χ1n) is 6.42. The number of pyridine rings is 1. The van der Waals surface area contributed by atoms with E-state index in [4.69, 9.17) is 10.00 Å². The Bertz CT molecular complexity index is 548. The van der Waals surface area contributed by atoms with Crippen LogP contribution in [-0.2, 0) is 9.53 Å². The molecule has 0 aliphatic carbocycles. The van der Waals surface area contributed by atoms with Crippen LogP contribution in [-0.4, -0.2) is 41.5 Å². The second-order valence-corrected chi connectivity index (χ2v) is 4.58. The van der Waals surface area contributed by atoms with E-state index in [0.29, 0.717) is 18.5 Å². The molecule has 0 unspecified atom stereocenters. The molecule has 1 aliphatic rings. The molecule has 1 atom stereocenters. The van der Waals surface area contributed by atoms with Gasteiger partial charge < -0.3 is 9.64 Å². The molecule has 104 valence electrons. The molecule has 0 spiro atoms. The third-order valence-electron chi connectivity index (χ3n) is 3.35. The Morgan fingerprint density at radius 1 is 1.45 bits per heavy atom. The molecule has 0 saturated carbocycles. The molecule has 20 heavy (non-hydrogen) atoms. The predicted molar refractivity (Wildman–Crippen MR) is 69.6 cm³/mol. The highest BCUT2D eigenvalue weighted by atomic mass is 16.5. The van der Waals surface area contributed by atoms with Gasteiger partial charge in [-0.1, -0.05) is 0 Å². The van der Waals surface area contributed by atoms with Crippen LogP contribution < -0.4 is 0 Å². The van der Waals surface area contributed by atoms with Crippen molar-refractivity contribution < 1.29 is 14.3 Å². The zero-order valence-corrected chi connectivity index (χ0v) is 11.2. The number of piperidine rings is 1. The summed E-state index contributed by atoms with van der Waals surface area (Å²) in [5, 5.41) is 8.72. The van der Waals surface area contributed by atoms with Gasteiger partial charge in [0.2, 0.25) is 0 Å². The number of amides is 1. The van der Waals surface area contributed by atoms with Crippen LogP contribution in [0, 0.1) is 11.3 Å². The van der Waals surface area contributed by atoms with E-state index in [2.05, 4.69) is 4.98 Å². The quantitative estimate of drug-likeness (QED) is 0.754. The fraction of sp³-hybridized carbons (Fsp3) is 0.429. The largest absolute Gasteiger partial charge is 0.467 e. The van der Waals surface area contributed by atoms with Crippen molar-refractivity contribution in [2.24, 2.45) is 0 Å². The van der Waals surface area contributed by atoms with Crippen LogP contribution in [0.3, 0.4) is 0 Å². The second-order valence-electron chi connectivity index (χ2n) is 4.58. The van der Waals surface area contributed by atoms with Gasteiger partial charge in [-0.25, -0.2) is 9.78 Å². The van der Waals surface area contributed by atoms with E-state index in [9.17, 15) is 9.59 Å². The number of carbonyl (C=O) groups is 2. The standard InChI is InChI=1S/C14H15N3O3/c1-20-14(19)12-4-2-3-7-17(12)13(18)11-6-5-10(8-15)9-16-11/h5-6,9,12H,2-4,7H2,1H3/t12-/m1/s1. The maximum Gasteiger partial charge on any atom is 0.328 e. The molecule has 0 radical (unpaired) electrons. The summed E-state index contributed by atoms with van der Waals surface area (Å²) in [5.41, 5.74) is 0.629. The average molecular weight is 273 g/mol. The van der Waals surface area contributed by atoms with Crippen molar-refractivity contribution in [2.75, 3.05) is 13.7 Å². The Labute approximate surface area is 117 Å². The van der Waals surface area contributed by atoms with Gasteiger partial charge in [0.05, 0.1) is 12.7 Å². The average Bonchev–Trinajstić information content (AvgIpc) is 2.53. The molecule has 0 bridgehead atoms. The SMILES string of the molecule is COC(=O)[C@H]1CCCCN1C(=O)c1ccc(C#N)cn1. The first-order valence-corrected chi connectivity index (χ1v) is 6.42. The van der Waals surface area contributed by atoms with Crippen LogP contribution in [0.2, 0.25) is 0 Å². The number of carbonyl (C=O) groups excluding carboxylic acids is 2. The Morgan fingerprint density at radius 3 is 2.85 bits per heavy atom. The van der Waals surface area contributed by atoms with Gasteiger partial charge in [0, 0.05) is 12.7 Å². The molecule has 6 nitrogen and oxygen atoms in total. The summed E-state index contributed by atoms with van der Waals surface area (Å²) in [7, 11) is 1.32. The van der Waals surface area contributed by atoms with E-state index < -0.39 is 12.0 Å². The maximum absolute atomic E-state index is 12.4. The van der Waals surface area contributed by atoms with Crippen molar-refractivity contribution in [1.29, 1.82) is 5.26 Å². The fourth-order valence-corrected chi connectivity index (χ4v) is 2.29. The van der Waals surface area contributed by atoms with Crippen LogP contribution in [0.1, 0.15) is 35.3 Å². The van der Waals surface area contributed by atoms with Gasteiger partial charge >= 0.3 is 5.97 Å². The smallest absolute Gasteiger partial charge is 0.328 e. The van der Waals surface area contributed by atoms with Gasteiger partial charge in [-0.3, -0.25) is 4.79 Å². The number of rotatable bonds is 2. The van der Waals surface area contributed by atoms with Gasteiger partial charge in [-0.05, 0) is 31.4 Å². The molecule has 1 aliphatic heterocycles. The van der Waals surface area contributed by atoms with E-state index in [-0.39, 0.29) is 11.6 Å². The van der Waals surface area contributed by atoms with Crippen molar-refractivity contribution >= 4 is 11.9 Å². The van der Waals surface area contributed by atoms with Gasteiger partial charge in [-0.15, -0.1) is 0 Å². The minimum absolute atomic E-state index is 0.236. The number of nitriles is 1. The van der Waals surface area contributed by atoms with Crippen LogP contribution in [0.4, 0.5) is 0 Å². The molecule has 0 aromatic carbocycles. The number of aromatic nitrogens is 1. The number of nitrogens with zero attached hydrogens (tertiary/aromatic N) is 3. The predicted octanol–water partition coefficient (Wildman–Crippen LogP) is 1.12. The summed E-state index contributed by atoms with van der Waals surface area (Å²) in [6, 6.07) is 4.45. The molecule has 0 N–H and O–H groups in total. The number of methoxy groups -OCH3 is 1.